The van der Waals surface area contributed by atoms with E-state index in [1.165, 1.54) is 57.8 Å². The summed E-state index contributed by atoms with van der Waals surface area (Å²) in [5.41, 5.74) is 0. The predicted octanol–water partition coefficient (Wildman–Crippen LogP) is 4.71. The Hall–Kier alpha value is -0.380. The van der Waals surface area contributed by atoms with Crippen LogP contribution in [0.25, 0.3) is 0 Å². The maximum absolute atomic E-state index is 5.48. The molecule has 0 amide bonds. The molecule has 0 saturated carbocycles. The standard InChI is InChI=1S/C17H34O3/c1-4-15-20-17(19-3)14-12-10-8-6-5-7-9-11-13-16-18-2/h4,17H,1,5-16H2,2-3H3. The van der Waals surface area contributed by atoms with Gasteiger partial charge in [-0.3, -0.25) is 0 Å². The molecule has 0 aliphatic carbocycles. The molecule has 0 spiro atoms. The van der Waals surface area contributed by atoms with Gasteiger partial charge in [0.1, 0.15) is 0 Å². The van der Waals surface area contributed by atoms with Crippen LogP contribution < -0.4 is 0 Å². The molecule has 0 saturated heterocycles. The summed E-state index contributed by atoms with van der Waals surface area (Å²) in [6.45, 7) is 5.12. The van der Waals surface area contributed by atoms with Gasteiger partial charge in [0.15, 0.2) is 6.29 Å². The molecule has 0 aliphatic rings. The van der Waals surface area contributed by atoms with Crippen LogP contribution in [0.4, 0.5) is 0 Å². The van der Waals surface area contributed by atoms with Crippen LogP contribution in [-0.4, -0.2) is 33.7 Å². The molecule has 0 N–H and O–H groups in total. The van der Waals surface area contributed by atoms with Gasteiger partial charge in [0.25, 0.3) is 0 Å². The minimum absolute atomic E-state index is 0.0613. The van der Waals surface area contributed by atoms with Crippen molar-refractivity contribution in [3.63, 3.8) is 0 Å². The summed E-state index contributed by atoms with van der Waals surface area (Å²) in [6.07, 6.45) is 14.4. The molecule has 3 heteroatoms. The minimum Gasteiger partial charge on any atom is -0.385 e. The first-order chi connectivity index (χ1) is 9.85. The molecule has 3 nitrogen and oxygen atoms in total. The highest BCUT2D eigenvalue weighted by molar-refractivity contribution is 4.64. The number of rotatable bonds is 16. The van der Waals surface area contributed by atoms with E-state index in [0.717, 1.165) is 13.0 Å². The summed E-state index contributed by atoms with van der Waals surface area (Å²) in [6, 6.07) is 0. The first kappa shape index (κ1) is 19.6. The first-order valence-corrected chi connectivity index (χ1v) is 8.09. The molecule has 120 valence electrons. The van der Waals surface area contributed by atoms with Crippen LogP contribution in [0.1, 0.15) is 64.2 Å². The number of hydrogen-bond acceptors (Lipinski definition) is 3. The summed E-state index contributed by atoms with van der Waals surface area (Å²) < 4.78 is 15.8. The predicted molar refractivity (Wildman–Crippen MR) is 85.0 cm³/mol. The molecule has 0 aromatic carbocycles. The molecule has 0 aromatic rings. The van der Waals surface area contributed by atoms with Gasteiger partial charge in [-0.1, -0.05) is 51.0 Å². The fourth-order valence-corrected chi connectivity index (χ4v) is 2.24. The lowest BCUT2D eigenvalue weighted by Crippen LogP contribution is -2.15. The molecule has 1 unspecified atom stereocenters. The highest BCUT2D eigenvalue weighted by Gasteiger charge is 2.05. The summed E-state index contributed by atoms with van der Waals surface area (Å²) in [4.78, 5) is 0. The van der Waals surface area contributed by atoms with Crippen molar-refractivity contribution in [3.8, 4) is 0 Å². The largest absolute Gasteiger partial charge is 0.385 e. The smallest absolute Gasteiger partial charge is 0.157 e. The summed E-state index contributed by atoms with van der Waals surface area (Å²) >= 11 is 0. The zero-order valence-electron chi connectivity index (χ0n) is 13.6. The van der Waals surface area contributed by atoms with Gasteiger partial charge in [-0.25, -0.2) is 0 Å². The molecule has 20 heavy (non-hydrogen) atoms. The second-order valence-electron chi connectivity index (χ2n) is 5.25. The third kappa shape index (κ3) is 14.0. The average Bonchev–Trinajstić information content (AvgIpc) is 2.48. The zero-order chi connectivity index (χ0) is 14.9. The molecule has 0 radical (unpaired) electrons. The van der Waals surface area contributed by atoms with Crippen molar-refractivity contribution < 1.29 is 14.2 Å². The van der Waals surface area contributed by atoms with Crippen molar-refractivity contribution in [1.29, 1.82) is 0 Å². The normalized spacial score (nSPS) is 12.5. The lowest BCUT2D eigenvalue weighted by Gasteiger charge is -2.14. The van der Waals surface area contributed by atoms with Gasteiger partial charge in [-0.05, 0) is 19.3 Å². The topological polar surface area (TPSA) is 27.7 Å². The van der Waals surface area contributed by atoms with Crippen LogP contribution in [0.5, 0.6) is 0 Å². The van der Waals surface area contributed by atoms with Crippen molar-refractivity contribution in [3.05, 3.63) is 12.7 Å². The van der Waals surface area contributed by atoms with Crippen molar-refractivity contribution in [1.82, 2.24) is 0 Å². The Bertz CT molecular complexity index is 195. The van der Waals surface area contributed by atoms with E-state index in [9.17, 15) is 0 Å². The van der Waals surface area contributed by atoms with Gasteiger partial charge in [0, 0.05) is 20.8 Å². The van der Waals surface area contributed by atoms with E-state index < -0.39 is 0 Å². The maximum Gasteiger partial charge on any atom is 0.157 e. The third-order valence-corrected chi connectivity index (χ3v) is 3.45. The fraction of sp³-hybridized carbons (Fsp3) is 0.882. The Morgan fingerprint density at radius 2 is 1.40 bits per heavy atom. The summed E-state index contributed by atoms with van der Waals surface area (Å²) in [5, 5.41) is 0. The fourth-order valence-electron chi connectivity index (χ4n) is 2.24. The Kier molecular flexibility index (Phi) is 16.4. The highest BCUT2D eigenvalue weighted by Crippen LogP contribution is 2.12. The number of methoxy groups -OCH3 is 2. The maximum atomic E-state index is 5.48. The highest BCUT2D eigenvalue weighted by atomic mass is 16.7. The van der Waals surface area contributed by atoms with Crippen LogP contribution in [0.15, 0.2) is 12.7 Å². The molecule has 0 aromatic heterocycles. The van der Waals surface area contributed by atoms with Crippen molar-refractivity contribution >= 4 is 0 Å². The molecular weight excluding hydrogens is 252 g/mol. The Balaban J connectivity index is 3.17. The van der Waals surface area contributed by atoms with Gasteiger partial charge in [-0.15, -0.1) is 6.58 Å². The average molecular weight is 286 g/mol. The molecule has 0 bridgehead atoms. The lowest BCUT2D eigenvalue weighted by molar-refractivity contribution is -0.119. The molecular formula is C17H34O3. The van der Waals surface area contributed by atoms with E-state index in [0.29, 0.717) is 6.61 Å². The monoisotopic (exact) mass is 286 g/mol. The minimum atomic E-state index is -0.0613. The van der Waals surface area contributed by atoms with Crippen LogP contribution in [0.3, 0.4) is 0 Å². The molecule has 0 aliphatic heterocycles. The first-order valence-electron chi connectivity index (χ1n) is 8.09. The van der Waals surface area contributed by atoms with E-state index >= 15 is 0 Å². The van der Waals surface area contributed by atoms with Gasteiger partial charge < -0.3 is 14.2 Å². The van der Waals surface area contributed by atoms with Crippen LogP contribution in [0.2, 0.25) is 0 Å². The van der Waals surface area contributed by atoms with E-state index in [1.54, 1.807) is 20.3 Å². The second-order valence-corrected chi connectivity index (χ2v) is 5.25. The molecule has 0 fully saturated rings. The number of hydrogen-bond donors (Lipinski definition) is 0. The quantitative estimate of drug-likeness (QED) is 0.234. The molecule has 1 atom stereocenters. The summed E-state index contributed by atoms with van der Waals surface area (Å²) in [5.74, 6) is 0. The Labute approximate surface area is 125 Å². The Morgan fingerprint density at radius 1 is 0.850 bits per heavy atom. The van der Waals surface area contributed by atoms with Crippen LogP contribution in [-0.2, 0) is 14.2 Å². The number of unbranched alkanes of at least 4 members (excludes halogenated alkanes) is 8. The van der Waals surface area contributed by atoms with Gasteiger partial charge in [-0.2, -0.15) is 0 Å². The van der Waals surface area contributed by atoms with Crippen molar-refractivity contribution in [2.75, 3.05) is 27.4 Å². The third-order valence-electron chi connectivity index (χ3n) is 3.45. The SMILES string of the molecule is C=CCOC(CCCCCCCCCCCOC)OC. The summed E-state index contributed by atoms with van der Waals surface area (Å²) in [7, 11) is 3.48. The zero-order valence-corrected chi connectivity index (χ0v) is 13.6. The van der Waals surface area contributed by atoms with E-state index in [2.05, 4.69) is 6.58 Å². The lowest BCUT2D eigenvalue weighted by atomic mass is 10.1. The van der Waals surface area contributed by atoms with Crippen molar-refractivity contribution in [2.45, 2.75) is 70.5 Å². The van der Waals surface area contributed by atoms with Crippen molar-refractivity contribution in [2.24, 2.45) is 0 Å². The second kappa shape index (κ2) is 16.7. The van der Waals surface area contributed by atoms with Gasteiger partial charge in [0.05, 0.1) is 6.61 Å². The Morgan fingerprint density at radius 3 is 1.90 bits per heavy atom. The van der Waals surface area contributed by atoms with E-state index in [4.69, 9.17) is 14.2 Å². The van der Waals surface area contributed by atoms with Gasteiger partial charge in [0.2, 0.25) is 0 Å². The van der Waals surface area contributed by atoms with Gasteiger partial charge >= 0.3 is 0 Å². The molecule has 0 heterocycles. The van der Waals surface area contributed by atoms with E-state index in [-0.39, 0.29) is 6.29 Å². The molecule has 0 rings (SSSR count). The van der Waals surface area contributed by atoms with E-state index in [1.807, 2.05) is 0 Å². The van der Waals surface area contributed by atoms with Crippen LogP contribution in [0, 0.1) is 0 Å². The number of ether oxygens (including phenoxy) is 3. The van der Waals surface area contributed by atoms with Crippen LogP contribution >= 0.6 is 0 Å².